The predicted molar refractivity (Wildman–Crippen MR) is 80.0 cm³/mol. The van der Waals surface area contributed by atoms with Crippen LogP contribution in [0.5, 0.6) is 0 Å². The molecule has 0 aromatic carbocycles. The van der Waals surface area contributed by atoms with Gasteiger partial charge in [-0.3, -0.25) is 0 Å². The molecule has 2 aliphatic carbocycles. The minimum absolute atomic E-state index is 0.895. The molecule has 0 aromatic rings. The molecule has 0 spiro atoms. The van der Waals surface area contributed by atoms with Gasteiger partial charge in [-0.15, -0.1) is 0 Å². The Morgan fingerprint density at radius 1 is 0.500 bits per heavy atom. The normalized spacial score (nSPS) is 26.3. The van der Waals surface area contributed by atoms with Gasteiger partial charge in [-0.1, -0.05) is 64.2 Å². The molecule has 0 aromatic heterocycles. The lowest BCUT2D eigenvalue weighted by molar-refractivity contribution is 0.139. The third-order valence-corrected chi connectivity index (χ3v) is 5.30. The molecule has 0 amide bonds. The lowest BCUT2D eigenvalue weighted by Gasteiger charge is -2.35. The SMILES string of the molecule is CN(C1CCCCCCCC1)C1CCCCCC1. The van der Waals surface area contributed by atoms with Crippen LogP contribution in [-0.4, -0.2) is 24.0 Å². The highest BCUT2D eigenvalue weighted by molar-refractivity contribution is 4.79. The zero-order chi connectivity index (χ0) is 12.6. The van der Waals surface area contributed by atoms with Crippen molar-refractivity contribution in [2.75, 3.05) is 7.05 Å². The Morgan fingerprint density at radius 3 is 1.11 bits per heavy atom. The van der Waals surface area contributed by atoms with Crippen LogP contribution in [0.25, 0.3) is 0 Å². The van der Waals surface area contributed by atoms with E-state index in [0.29, 0.717) is 0 Å². The van der Waals surface area contributed by atoms with E-state index in [9.17, 15) is 0 Å². The quantitative estimate of drug-likeness (QED) is 0.614. The van der Waals surface area contributed by atoms with E-state index >= 15 is 0 Å². The van der Waals surface area contributed by atoms with Crippen LogP contribution >= 0.6 is 0 Å². The van der Waals surface area contributed by atoms with Crippen molar-refractivity contribution < 1.29 is 0 Å². The summed E-state index contributed by atoms with van der Waals surface area (Å²) < 4.78 is 0. The molecule has 0 aliphatic heterocycles. The molecule has 0 N–H and O–H groups in total. The fourth-order valence-corrected chi connectivity index (χ4v) is 3.98. The molecule has 0 atom stereocenters. The van der Waals surface area contributed by atoms with Gasteiger partial charge in [0.25, 0.3) is 0 Å². The van der Waals surface area contributed by atoms with Crippen molar-refractivity contribution in [3.05, 3.63) is 0 Å². The molecule has 1 heteroatoms. The Morgan fingerprint density at radius 2 is 0.778 bits per heavy atom. The molecule has 1 nitrogen and oxygen atoms in total. The molecule has 2 saturated carbocycles. The number of hydrogen-bond donors (Lipinski definition) is 0. The smallest absolute Gasteiger partial charge is 0.00951 e. The number of rotatable bonds is 2. The molecule has 18 heavy (non-hydrogen) atoms. The Balaban J connectivity index is 1.85. The Kier molecular flexibility index (Phi) is 6.54. The van der Waals surface area contributed by atoms with Crippen molar-refractivity contribution in [1.29, 1.82) is 0 Å². The highest BCUT2D eigenvalue weighted by Crippen LogP contribution is 2.27. The van der Waals surface area contributed by atoms with Crippen molar-refractivity contribution in [2.45, 2.75) is 102 Å². The number of hydrogen-bond acceptors (Lipinski definition) is 1. The topological polar surface area (TPSA) is 3.24 Å². The summed E-state index contributed by atoms with van der Waals surface area (Å²) in [5.41, 5.74) is 0. The summed E-state index contributed by atoms with van der Waals surface area (Å²) in [5, 5.41) is 0. The lowest BCUT2D eigenvalue weighted by atomic mass is 9.99. The molecule has 0 bridgehead atoms. The minimum Gasteiger partial charge on any atom is -0.300 e. The van der Waals surface area contributed by atoms with Gasteiger partial charge in [-0.25, -0.2) is 0 Å². The second-order valence-corrected chi connectivity index (χ2v) is 6.66. The van der Waals surface area contributed by atoms with Crippen LogP contribution in [0.2, 0.25) is 0 Å². The molecular weight excluding hydrogens is 218 g/mol. The second kappa shape index (κ2) is 8.19. The van der Waals surface area contributed by atoms with Crippen LogP contribution in [0.15, 0.2) is 0 Å². The van der Waals surface area contributed by atoms with Crippen LogP contribution in [-0.2, 0) is 0 Å². The summed E-state index contributed by atoms with van der Waals surface area (Å²) in [6.07, 6.45) is 20.7. The predicted octanol–water partition coefficient (Wildman–Crippen LogP) is 5.14. The summed E-state index contributed by atoms with van der Waals surface area (Å²) in [6.45, 7) is 0. The van der Waals surface area contributed by atoms with Gasteiger partial charge in [0.2, 0.25) is 0 Å². The van der Waals surface area contributed by atoms with Crippen LogP contribution in [0.1, 0.15) is 89.9 Å². The summed E-state index contributed by atoms with van der Waals surface area (Å²) in [6, 6.07) is 1.80. The van der Waals surface area contributed by atoms with Crippen molar-refractivity contribution in [2.24, 2.45) is 0 Å². The molecule has 2 rings (SSSR count). The van der Waals surface area contributed by atoms with Gasteiger partial charge in [0.05, 0.1) is 0 Å². The zero-order valence-electron chi connectivity index (χ0n) is 12.5. The van der Waals surface area contributed by atoms with Crippen LogP contribution in [0.3, 0.4) is 0 Å². The fraction of sp³-hybridized carbons (Fsp3) is 1.00. The molecule has 2 aliphatic rings. The monoisotopic (exact) mass is 251 g/mol. The highest BCUT2D eigenvalue weighted by Gasteiger charge is 2.23. The van der Waals surface area contributed by atoms with E-state index in [-0.39, 0.29) is 0 Å². The van der Waals surface area contributed by atoms with Crippen molar-refractivity contribution >= 4 is 0 Å². The van der Waals surface area contributed by atoms with E-state index < -0.39 is 0 Å². The van der Waals surface area contributed by atoms with Crippen LogP contribution < -0.4 is 0 Å². The summed E-state index contributed by atoms with van der Waals surface area (Å²) in [7, 11) is 2.43. The molecule has 0 saturated heterocycles. The van der Waals surface area contributed by atoms with Crippen LogP contribution in [0, 0.1) is 0 Å². The standard InChI is InChI=1S/C17H33N/c1-18(17-14-10-6-7-11-15-17)16-12-8-4-2-3-5-9-13-16/h16-17H,2-15H2,1H3. The fourth-order valence-electron chi connectivity index (χ4n) is 3.98. The van der Waals surface area contributed by atoms with Crippen LogP contribution in [0.4, 0.5) is 0 Å². The van der Waals surface area contributed by atoms with Gasteiger partial charge in [0.15, 0.2) is 0 Å². The highest BCUT2D eigenvalue weighted by atomic mass is 15.2. The Labute approximate surface area is 114 Å². The van der Waals surface area contributed by atoms with Gasteiger partial charge in [0, 0.05) is 12.1 Å². The molecule has 0 unspecified atom stereocenters. The van der Waals surface area contributed by atoms with E-state index in [1.54, 1.807) is 0 Å². The van der Waals surface area contributed by atoms with Gasteiger partial charge in [-0.2, -0.15) is 0 Å². The maximum atomic E-state index is 2.79. The van der Waals surface area contributed by atoms with E-state index in [4.69, 9.17) is 0 Å². The maximum absolute atomic E-state index is 2.79. The van der Waals surface area contributed by atoms with E-state index in [2.05, 4.69) is 11.9 Å². The first-order valence-electron chi connectivity index (χ1n) is 8.60. The number of nitrogens with zero attached hydrogens (tertiary/aromatic N) is 1. The third-order valence-electron chi connectivity index (χ3n) is 5.30. The largest absolute Gasteiger partial charge is 0.300 e. The summed E-state index contributed by atoms with van der Waals surface area (Å²) >= 11 is 0. The lowest BCUT2D eigenvalue weighted by Crippen LogP contribution is -2.40. The molecule has 0 radical (unpaired) electrons. The first kappa shape index (κ1) is 14.4. The van der Waals surface area contributed by atoms with Gasteiger partial charge in [-0.05, 0) is 32.7 Å². The first-order chi connectivity index (χ1) is 8.88. The van der Waals surface area contributed by atoms with E-state index in [1.165, 1.54) is 89.9 Å². The van der Waals surface area contributed by atoms with E-state index in [0.717, 1.165) is 12.1 Å². The van der Waals surface area contributed by atoms with Crippen molar-refractivity contribution in [3.8, 4) is 0 Å². The molecule has 2 fully saturated rings. The average molecular weight is 251 g/mol. The Bertz CT molecular complexity index is 196. The first-order valence-corrected chi connectivity index (χ1v) is 8.60. The second-order valence-electron chi connectivity index (χ2n) is 6.66. The van der Waals surface area contributed by atoms with Crippen molar-refractivity contribution in [3.63, 3.8) is 0 Å². The van der Waals surface area contributed by atoms with Gasteiger partial charge in [0.1, 0.15) is 0 Å². The minimum atomic E-state index is 0.895. The Hall–Kier alpha value is -0.0400. The molecular formula is C17H33N. The maximum Gasteiger partial charge on any atom is 0.00951 e. The zero-order valence-corrected chi connectivity index (χ0v) is 12.5. The summed E-state index contributed by atoms with van der Waals surface area (Å²) in [5.74, 6) is 0. The van der Waals surface area contributed by atoms with Gasteiger partial charge >= 0.3 is 0 Å². The average Bonchev–Trinajstić information content (AvgIpc) is 2.58. The van der Waals surface area contributed by atoms with Gasteiger partial charge < -0.3 is 4.90 Å². The third kappa shape index (κ3) is 4.57. The van der Waals surface area contributed by atoms with E-state index in [1.807, 2.05) is 0 Å². The molecule has 0 heterocycles. The molecule has 106 valence electrons. The van der Waals surface area contributed by atoms with Crippen molar-refractivity contribution in [1.82, 2.24) is 4.90 Å². The summed E-state index contributed by atoms with van der Waals surface area (Å²) in [4.78, 5) is 2.79.